The van der Waals surface area contributed by atoms with Gasteiger partial charge in [0.15, 0.2) is 0 Å². The lowest BCUT2D eigenvalue weighted by molar-refractivity contribution is 1.31. The van der Waals surface area contributed by atoms with Crippen molar-refractivity contribution in [2.45, 2.75) is 11.8 Å². The normalized spacial score (nSPS) is 9.56. The Morgan fingerprint density at radius 1 is 1.44 bits per heavy atom. The van der Waals surface area contributed by atoms with Crippen LogP contribution in [0, 0.1) is 6.92 Å². The third-order valence-corrected chi connectivity index (χ3v) is 2.07. The first-order valence-corrected chi connectivity index (χ1v) is 3.42. The minimum absolute atomic E-state index is 0.752. The predicted octanol–water partition coefficient (Wildman–Crippen LogP) is 3.20. The van der Waals surface area contributed by atoms with Crippen LogP contribution in [0.15, 0.2) is 23.1 Å². The Labute approximate surface area is 65.3 Å². The molecule has 9 heavy (non-hydrogen) atoms. The van der Waals surface area contributed by atoms with Crippen molar-refractivity contribution in [3.05, 3.63) is 28.8 Å². The van der Waals surface area contributed by atoms with E-state index >= 15 is 0 Å². The number of benzene rings is 1. The average molecular weight is 158 g/mol. The molecule has 2 heteroatoms. The summed E-state index contributed by atoms with van der Waals surface area (Å²) in [6.07, 6.45) is 0. The molecule has 0 aliphatic carbocycles. The minimum Gasteiger partial charge on any atom is -0.0840 e. The zero-order valence-electron chi connectivity index (χ0n) is 5.02. The van der Waals surface area contributed by atoms with Gasteiger partial charge in [-0.1, -0.05) is 30.3 Å². The van der Waals surface area contributed by atoms with Crippen LogP contribution < -0.4 is 0 Å². The summed E-state index contributed by atoms with van der Waals surface area (Å²) < 4.78 is 0. The van der Waals surface area contributed by atoms with Crippen LogP contribution in [0.5, 0.6) is 0 Å². The van der Waals surface area contributed by atoms with Crippen LogP contribution in [0.1, 0.15) is 5.56 Å². The molecule has 0 bridgehead atoms. The Hall–Kier alpha value is -0.270. The number of rotatable bonds is 0. The second-order valence-corrected chi connectivity index (χ2v) is 2.71. The van der Waals surface area contributed by atoms with E-state index in [1.54, 1.807) is 0 Å². The molecule has 0 saturated carbocycles. The monoisotopic (exact) mass is 157 g/mol. The van der Waals surface area contributed by atoms with Gasteiger partial charge in [-0.3, -0.25) is 0 Å². The van der Waals surface area contributed by atoms with Crippen molar-refractivity contribution in [3.63, 3.8) is 0 Å². The third kappa shape index (κ3) is 1.35. The van der Waals surface area contributed by atoms with E-state index in [-0.39, 0.29) is 0 Å². The first-order chi connectivity index (χ1) is 4.22. The summed E-state index contributed by atoms with van der Waals surface area (Å²) in [6.45, 7) is 1.92. The van der Waals surface area contributed by atoms with E-state index in [2.05, 4.69) is 0 Å². The van der Waals surface area contributed by atoms with Crippen LogP contribution in [0.25, 0.3) is 0 Å². The molecular weight excluding hydrogens is 152 g/mol. The highest BCUT2D eigenvalue weighted by atomic mass is 35.5. The van der Waals surface area contributed by atoms with E-state index in [0.29, 0.717) is 0 Å². The Bertz CT molecular complexity index is 200. The predicted molar refractivity (Wildman–Crippen MR) is 42.0 cm³/mol. The van der Waals surface area contributed by atoms with E-state index in [1.165, 1.54) is 0 Å². The van der Waals surface area contributed by atoms with E-state index in [1.807, 2.05) is 25.1 Å². The van der Waals surface area contributed by atoms with Gasteiger partial charge in [-0.2, -0.15) is 0 Å². The van der Waals surface area contributed by atoms with Crippen LogP contribution in [0.3, 0.4) is 0 Å². The Balaban J connectivity index is 3.25. The lowest BCUT2D eigenvalue weighted by atomic mass is 10.2. The van der Waals surface area contributed by atoms with Gasteiger partial charge in [0.25, 0.3) is 0 Å². The van der Waals surface area contributed by atoms with Crippen LogP contribution >= 0.6 is 24.2 Å². The van der Waals surface area contributed by atoms with Gasteiger partial charge >= 0.3 is 0 Å². The lowest BCUT2D eigenvalue weighted by Gasteiger charge is -1.96. The highest BCUT2D eigenvalue weighted by Gasteiger charge is 1.95. The van der Waals surface area contributed by atoms with Crippen LogP contribution in [-0.2, 0) is 0 Å². The van der Waals surface area contributed by atoms with Crippen molar-refractivity contribution in [2.24, 2.45) is 0 Å². The molecule has 0 aliphatic heterocycles. The number of halogens is 1. The van der Waals surface area contributed by atoms with Gasteiger partial charge in [-0.05, 0) is 24.6 Å². The molecule has 0 N–H and O–H groups in total. The fourth-order valence-corrected chi connectivity index (χ4v) is 1.01. The maximum Gasteiger partial charge on any atom is 0.0449 e. The molecule has 1 rings (SSSR count). The third-order valence-electron chi connectivity index (χ3n) is 1.22. The maximum absolute atomic E-state index is 5.75. The molecule has 0 saturated heterocycles. The topological polar surface area (TPSA) is 0 Å². The zero-order chi connectivity index (χ0) is 6.85. The molecule has 1 aromatic carbocycles. The molecule has 0 nitrogen and oxygen atoms in total. The maximum atomic E-state index is 5.75. The number of hydrogen-bond donors (Lipinski definition) is 0. The summed E-state index contributed by atoms with van der Waals surface area (Å²) in [5, 5.41) is 0.752. The lowest BCUT2D eigenvalue weighted by Crippen LogP contribution is -1.75. The second kappa shape index (κ2) is 2.54. The molecule has 47 valence electrons. The van der Waals surface area contributed by atoms with E-state index in [0.717, 1.165) is 15.5 Å². The molecule has 1 aromatic rings. The van der Waals surface area contributed by atoms with Gasteiger partial charge in [-0.25, -0.2) is 0 Å². The quantitative estimate of drug-likeness (QED) is 0.543. The molecule has 0 unspecified atom stereocenters. The molecule has 1 radical (unpaired) electrons. The summed E-state index contributed by atoms with van der Waals surface area (Å²) in [5.41, 5.74) is 0.995. The van der Waals surface area contributed by atoms with Crippen molar-refractivity contribution in [1.29, 1.82) is 0 Å². The molecular formula is C7H6ClS. The molecule has 0 atom stereocenters. The summed E-state index contributed by atoms with van der Waals surface area (Å²) in [5.74, 6) is 0. The molecule has 0 spiro atoms. The smallest absolute Gasteiger partial charge is 0.0449 e. The summed E-state index contributed by atoms with van der Waals surface area (Å²) in [7, 11) is 0. The average Bonchev–Trinajstić information content (AvgIpc) is 1.83. The largest absolute Gasteiger partial charge is 0.0840 e. The Morgan fingerprint density at radius 3 is 2.56 bits per heavy atom. The zero-order valence-corrected chi connectivity index (χ0v) is 6.59. The Kier molecular flexibility index (Phi) is 1.94. The van der Waals surface area contributed by atoms with Gasteiger partial charge < -0.3 is 0 Å². The highest BCUT2D eigenvalue weighted by Crippen LogP contribution is 2.20. The van der Waals surface area contributed by atoms with Crippen molar-refractivity contribution < 1.29 is 0 Å². The van der Waals surface area contributed by atoms with E-state index in [4.69, 9.17) is 24.2 Å². The van der Waals surface area contributed by atoms with Gasteiger partial charge in [-0.15, -0.1) is 0 Å². The molecule has 0 fully saturated rings. The number of hydrogen-bond acceptors (Lipinski definition) is 0. The van der Waals surface area contributed by atoms with E-state index < -0.39 is 0 Å². The van der Waals surface area contributed by atoms with Crippen LogP contribution in [0.2, 0.25) is 5.02 Å². The second-order valence-electron chi connectivity index (χ2n) is 1.86. The fourth-order valence-electron chi connectivity index (χ4n) is 0.588. The summed E-state index contributed by atoms with van der Waals surface area (Å²) >= 11 is 10.7. The standard InChI is InChI=1S/C7H6ClS/c1-5-6(8)3-2-4-7(5)9/h2-4H,1H3. The first-order valence-electron chi connectivity index (χ1n) is 2.64. The van der Waals surface area contributed by atoms with Crippen molar-refractivity contribution in [3.8, 4) is 0 Å². The molecule has 0 heterocycles. The van der Waals surface area contributed by atoms with Crippen molar-refractivity contribution in [2.75, 3.05) is 0 Å². The Morgan fingerprint density at radius 2 is 2.11 bits per heavy atom. The summed E-state index contributed by atoms with van der Waals surface area (Å²) in [6, 6.07) is 5.57. The van der Waals surface area contributed by atoms with Gasteiger partial charge in [0.05, 0.1) is 0 Å². The SMILES string of the molecule is Cc1c([S])cccc1Cl. The molecule has 0 aliphatic rings. The van der Waals surface area contributed by atoms with Crippen molar-refractivity contribution in [1.82, 2.24) is 0 Å². The van der Waals surface area contributed by atoms with E-state index in [9.17, 15) is 0 Å². The molecule has 0 aromatic heterocycles. The van der Waals surface area contributed by atoms with Crippen molar-refractivity contribution >= 4 is 24.2 Å². The first kappa shape index (κ1) is 6.84. The van der Waals surface area contributed by atoms with Gasteiger partial charge in [0, 0.05) is 9.92 Å². The van der Waals surface area contributed by atoms with Gasteiger partial charge in [0.1, 0.15) is 0 Å². The fraction of sp³-hybridized carbons (Fsp3) is 0.143. The van der Waals surface area contributed by atoms with Crippen LogP contribution in [0.4, 0.5) is 0 Å². The molecule has 0 amide bonds. The highest BCUT2D eigenvalue weighted by molar-refractivity contribution is 7.80. The van der Waals surface area contributed by atoms with Gasteiger partial charge in [0.2, 0.25) is 0 Å². The summed E-state index contributed by atoms with van der Waals surface area (Å²) in [4.78, 5) is 0.836. The van der Waals surface area contributed by atoms with Crippen LogP contribution in [-0.4, -0.2) is 0 Å². The minimum atomic E-state index is 0.752.